The molecule has 0 fully saturated rings. The SMILES string of the molecule is Cc1ccc(B(OC(=O)C(N)CCC(N)=O)c2ccc(O)cc2)cc1. The van der Waals surface area contributed by atoms with Gasteiger partial charge in [-0.2, -0.15) is 0 Å². The van der Waals surface area contributed by atoms with Crippen molar-refractivity contribution >= 4 is 29.7 Å². The molecule has 5 N–H and O–H groups in total. The minimum atomic E-state index is -0.933. The molecule has 0 saturated carbocycles. The quantitative estimate of drug-likeness (QED) is 0.611. The predicted molar refractivity (Wildman–Crippen MR) is 96.8 cm³/mol. The second-order valence-corrected chi connectivity index (χ2v) is 5.93. The van der Waals surface area contributed by atoms with Crippen molar-refractivity contribution in [2.24, 2.45) is 11.5 Å². The molecule has 0 aliphatic rings. The molecule has 0 heterocycles. The molecule has 0 spiro atoms. The largest absolute Gasteiger partial charge is 0.525 e. The molecule has 7 heteroatoms. The van der Waals surface area contributed by atoms with E-state index in [1.165, 1.54) is 12.1 Å². The molecule has 1 atom stereocenters. The molecular weight excluding hydrogens is 319 g/mol. The maximum Gasteiger partial charge on any atom is 0.429 e. The van der Waals surface area contributed by atoms with E-state index in [0.29, 0.717) is 5.46 Å². The van der Waals surface area contributed by atoms with Gasteiger partial charge in [-0.05, 0) is 36.4 Å². The first kappa shape index (κ1) is 18.5. The van der Waals surface area contributed by atoms with Crippen molar-refractivity contribution in [3.8, 4) is 5.75 Å². The molecule has 2 rings (SSSR count). The van der Waals surface area contributed by atoms with Gasteiger partial charge in [-0.25, -0.2) is 0 Å². The standard InChI is InChI=1S/C18H21BN2O4/c1-12-2-4-13(5-3-12)19(14-6-8-15(22)9-7-14)25-18(24)16(20)10-11-17(21)23/h2-9,16,22H,10-11,20H2,1H3,(H2,21,23). The van der Waals surface area contributed by atoms with Gasteiger partial charge in [0, 0.05) is 6.42 Å². The lowest BCUT2D eigenvalue weighted by Gasteiger charge is -2.18. The molecule has 0 aromatic heterocycles. The molecule has 1 unspecified atom stereocenters. The number of aromatic hydroxyl groups is 1. The summed E-state index contributed by atoms with van der Waals surface area (Å²) in [4.78, 5) is 23.1. The Morgan fingerprint density at radius 3 is 2.12 bits per heavy atom. The number of aryl methyl sites for hydroxylation is 1. The number of carbonyl (C=O) groups is 2. The second kappa shape index (κ2) is 8.35. The number of amides is 1. The van der Waals surface area contributed by atoms with Gasteiger partial charge >= 0.3 is 12.9 Å². The molecule has 2 aromatic rings. The first-order chi connectivity index (χ1) is 11.9. The van der Waals surface area contributed by atoms with Crippen LogP contribution in [-0.4, -0.2) is 29.9 Å². The smallest absolute Gasteiger partial charge is 0.429 e. The number of primary amides is 1. The van der Waals surface area contributed by atoms with E-state index in [4.69, 9.17) is 16.1 Å². The number of hydrogen-bond donors (Lipinski definition) is 3. The monoisotopic (exact) mass is 340 g/mol. The summed E-state index contributed by atoms with van der Waals surface area (Å²) < 4.78 is 5.60. The lowest BCUT2D eigenvalue weighted by atomic mass is 9.55. The first-order valence-corrected chi connectivity index (χ1v) is 7.96. The molecule has 0 saturated heterocycles. The summed E-state index contributed by atoms with van der Waals surface area (Å²) >= 11 is 0. The minimum Gasteiger partial charge on any atom is -0.525 e. The summed E-state index contributed by atoms with van der Waals surface area (Å²) in [5, 5.41) is 9.47. The van der Waals surface area contributed by atoms with Crippen LogP contribution in [0, 0.1) is 6.92 Å². The number of nitrogens with two attached hydrogens (primary N) is 2. The van der Waals surface area contributed by atoms with Gasteiger partial charge in [0.2, 0.25) is 5.91 Å². The van der Waals surface area contributed by atoms with Crippen molar-refractivity contribution in [3.05, 3.63) is 54.1 Å². The highest BCUT2D eigenvalue weighted by Crippen LogP contribution is 2.06. The second-order valence-electron chi connectivity index (χ2n) is 5.93. The predicted octanol–water partition coefficient (Wildman–Crippen LogP) is -0.0577. The third-order valence-corrected chi connectivity index (χ3v) is 3.81. The summed E-state index contributed by atoms with van der Waals surface area (Å²) in [5.74, 6) is -1.01. The Kier molecular flexibility index (Phi) is 6.19. The van der Waals surface area contributed by atoms with E-state index >= 15 is 0 Å². The number of benzene rings is 2. The van der Waals surface area contributed by atoms with Crippen molar-refractivity contribution in [3.63, 3.8) is 0 Å². The van der Waals surface area contributed by atoms with Crippen LogP contribution < -0.4 is 22.4 Å². The lowest BCUT2D eigenvalue weighted by Crippen LogP contribution is -2.49. The molecule has 0 aliphatic heterocycles. The number of phenolic OH excluding ortho intramolecular Hbond substituents is 1. The Balaban J connectivity index is 2.22. The van der Waals surface area contributed by atoms with Crippen molar-refractivity contribution in [2.45, 2.75) is 25.8 Å². The maximum atomic E-state index is 12.3. The number of rotatable bonds is 7. The Morgan fingerprint density at radius 2 is 1.60 bits per heavy atom. The first-order valence-electron chi connectivity index (χ1n) is 7.96. The fraction of sp³-hybridized carbons (Fsp3) is 0.222. The summed E-state index contributed by atoms with van der Waals surface area (Å²) in [5.41, 5.74) is 13.4. The Morgan fingerprint density at radius 1 is 1.08 bits per heavy atom. The van der Waals surface area contributed by atoms with Crippen molar-refractivity contribution in [1.82, 2.24) is 0 Å². The topological polar surface area (TPSA) is 116 Å². The van der Waals surface area contributed by atoms with E-state index in [1.54, 1.807) is 12.1 Å². The van der Waals surface area contributed by atoms with Gasteiger partial charge in [-0.15, -0.1) is 0 Å². The highest BCUT2D eigenvalue weighted by Gasteiger charge is 2.28. The number of carbonyl (C=O) groups excluding carboxylic acids is 2. The number of phenols is 1. The van der Waals surface area contributed by atoms with Gasteiger partial charge in [-0.1, -0.05) is 42.0 Å². The maximum absolute atomic E-state index is 12.3. The molecular formula is C18H21BN2O4. The Hall–Kier alpha value is -2.80. The zero-order valence-corrected chi connectivity index (χ0v) is 14.0. The van der Waals surface area contributed by atoms with Gasteiger partial charge in [0.05, 0.1) is 0 Å². The average Bonchev–Trinajstić information content (AvgIpc) is 2.59. The summed E-state index contributed by atoms with van der Waals surface area (Å²) in [7, 11) is 0. The van der Waals surface area contributed by atoms with Gasteiger partial charge in [0.15, 0.2) is 0 Å². The van der Waals surface area contributed by atoms with E-state index in [1.807, 2.05) is 31.2 Å². The third kappa shape index (κ3) is 5.36. The van der Waals surface area contributed by atoms with Crippen molar-refractivity contribution in [1.29, 1.82) is 0 Å². The van der Waals surface area contributed by atoms with Crippen molar-refractivity contribution in [2.75, 3.05) is 0 Å². The molecule has 6 nitrogen and oxygen atoms in total. The van der Waals surface area contributed by atoms with Crippen LogP contribution >= 0.6 is 0 Å². The van der Waals surface area contributed by atoms with Crippen LogP contribution in [0.2, 0.25) is 0 Å². The molecule has 0 aliphatic carbocycles. The lowest BCUT2D eigenvalue weighted by molar-refractivity contribution is -0.136. The summed E-state index contributed by atoms with van der Waals surface area (Å²) in [6.07, 6.45) is 0.148. The highest BCUT2D eigenvalue weighted by atomic mass is 16.5. The number of hydrogen-bond acceptors (Lipinski definition) is 5. The third-order valence-electron chi connectivity index (χ3n) is 3.81. The van der Waals surface area contributed by atoms with E-state index in [-0.39, 0.29) is 18.6 Å². The molecule has 2 aromatic carbocycles. The zero-order valence-electron chi connectivity index (χ0n) is 14.0. The van der Waals surface area contributed by atoms with Crippen molar-refractivity contribution < 1.29 is 19.3 Å². The van der Waals surface area contributed by atoms with E-state index in [2.05, 4.69) is 0 Å². The fourth-order valence-electron chi connectivity index (χ4n) is 2.34. The molecule has 0 radical (unpaired) electrons. The van der Waals surface area contributed by atoms with Crippen LogP contribution in [0.25, 0.3) is 0 Å². The Bertz CT molecular complexity index is 686. The molecule has 130 valence electrons. The zero-order chi connectivity index (χ0) is 18.4. The van der Waals surface area contributed by atoms with Crippen LogP contribution in [0.1, 0.15) is 18.4 Å². The minimum absolute atomic E-state index is 0.0185. The van der Waals surface area contributed by atoms with Crippen LogP contribution in [0.3, 0.4) is 0 Å². The molecule has 25 heavy (non-hydrogen) atoms. The van der Waals surface area contributed by atoms with Gasteiger partial charge in [-0.3, -0.25) is 9.59 Å². The van der Waals surface area contributed by atoms with E-state index in [9.17, 15) is 14.7 Å². The molecule has 0 bridgehead atoms. The average molecular weight is 340 g/mol. The van der Waals surface area contributed by atoms with E-state index in [0.717, 1.165) is 11.0 Å². The van der Waals surface area contributed by atoms with Gasteiger partial charge in [0.25, 0.3) is 0 Å². The van der Waals surface area contributed by atoms with Crippen LogP contribution in [-0.2, 0) is 14.2 Å². The normalized spacial score (nSPS) is 11.6. The van der Waals surface area contributed by atoms with Crippen LogP contribution in [0.15, 0.2) is 48.5 Å². The van der Waals surface area contributed by atoms with Gasteiger partial charge in [0.1, 0.15) is 11.8 Å². The van der Waals surface area contributed by atoms with E-state index < -0.39 is 24.8 Å². The summed E-state index contributed by atoms with van der Waals surface area (Å²) in [6.45, 7) is 1.30. The summed E-state index contributed by atoms with van der Waals surface area (Å²) in [6, 6.07) is 13.1. The Labute approximate surface area is 146 Å². The van der Waals surface area contributed by atoms with Crippen LogP contribution in [0.4, 0.5) is 0 Å². The van der Waals surface area contributed by atoms with Crippen LogP contribution in [0.5, 0.6) is 5.75 Å². The van der Waals surface area contributed by atoms with Gasteiger partial charge < -0.3 is 21.2 Å². The fourth-order valence-corrected chi connectivity index (χ4v) is 2.34. The molecule has 1 amide bonds. The highest BCUT2D eigenvalue weighted by molar-refractivity contribution is 6.81.